The summed E-state index contributed by atoms with van der Waals surface area (Å²) in [4.78, 5) is 14.9. The molecule has 0 N–H and O–H groups in total. The van der Waals surface area contributed by atoms with Gasteiger partial charge >= 0.3 is 0 Å². The van der Waals surface area contributed by atoms with Crippen molar-refractivity contribution in [2.24, 2.45) is 0 Å². The zero-order chi connectivity index (χ0) is 37.5. The molecule has 266 valence electrons. The molecule has 4 heterocycles. The minimum atomic E-state index is 0.557. The third-order valence-electron chi connectivity index (χ3n) is 11.0. The second-order valence-electron chi connectivity index (χ2n) is 14.3. The quantitative estimate of drug-likeness (QED) is 0.175. The Hall–Kier alpha value is -7.41. The van der Waals surface area contributed by atoms with Crippen molar-refractivity contribution in [1.82, 2.24) is 15.0 Å². The maximum atomic E-state index is 6.91. The molecule has 0 saturated carbocycles. The van der Waals surface area contributed by atoms with E-state index in [0.29, 0.717) is 17.5 Å². The summed E-state index contributed by atoms with van der Waals surface area (Å²) in [5, 5.41) is 6.74. The van der Waals surface area contributed by atoms with Gasteiger partial charge in [-0.25, -0.2) is 15.0 Å². The molecule has 0 saturated heterocycles. The lowest BCUT2D eigenvalue weighted by molar-refractivity contribution is 0.669. The van der Waals surface area contributed by atoms with Crippen LogP contribution in [0.5, 0.6) is 0 Å². The molecule has 0 unspecified atom stereocenters. The molecule has 12 aromatic rings. The van der Waals surface area contributed by atoms with Crippen LogP contribution in [0.3, 0.4) is 0 Å². The van der Waals surface area contributed by atoms with E-state index in [0.717, 1.165) is 82.8 Å². The number of furan rings is 2. The number of rotatable bonds is 5. The number of nitrogens with zero attached hydrogens (tertiary/aromatic N) is 3. The molecule has 6 heteroatoms. The summed E-state index contributed by atoms with van der Waals surface area (Å²) in [5.74, 6) is 1.77. The fraction of sp³-hybridized carbons (Fsp3) is 0. The monoisotopic (exact) mass is 747 g/mol. The maximum absolute atomic E-state index is 6.91. The van der Waals surface area contributed by atoms with E-state index in [2.05, 4.69) is 103 Å². The summed E-state index contributed by atoms with van der Waals surface area (Å²) in [7, 11) is 0. The van der Waals surface area contributed by atoms with Gasteiger partial charge in [0, 0.05) is 64.0 Å². The van der Waals surface area contributed by atoms with Gasteiger partial charge in [-0.3, -0.25) is 0 Å². The van der Waals surface area contributed by atoms with Crippen LogP contribution in [0.4, 0.5) is 0 Å². The molecule has 12 rings (SSSR count). The van der Waals surface area contributed by atoms with Gasteiger partial charge in [-0.15, -0.1) is 11.3 Å². The molecule has 0 fully saturated rings. The largest absolute Gasteiger partial charge is 0.455 e. The maximum Gasteiger partial charge on any atom is 0.167 e. The molecular formula is C51H29N3O2S. The molecule has 0 aliphatic carbocycles. The van der Waals surface area contributed by atoms with Crippen molar-refractivity contribution in [1.29, 1.82) is 0 Å². The summed E-state index contributed by atoms with van der Waals surface area (Å²) in [6, 6.07) is 60.9. The molecule has 0 atom stereocenters. The van der Waals surface area contributed by atoms with Crippen LogP contribution in [-0.4, -0.2) is 15.0 Å². The number of aromatic nitrogens is 3. The van der Waals surface area contributed by atoms with Crippen molar-refractivity contribution in [2.45, 2.75) is 0 Å². The minimum Gasteiger partial charge on any atom is -0.455 e. The van der Waals surface area contributed by atoms with E-state index >= 15 is 0 Å². The fourth-order valence-corrected chi connectivity index (χ4v) is 9.33. The van der Waals surface area contributed by atoms with Crippen molar-refractivity contribution in [3.63, 3.8) is 0 Å². The lowest BCUT2D eigenvalue weighted by Gasteiger charge is -2.08. The molecule has 0 aliphatic heterocycles. The highest BCUT2D eigenvalue weighted by Crippen LogP contribution is 2.43. The number of fused-ring (bicyclic) bond motifs is 9. The van der Waals surface area contributed by atoms with E-state index < -0.39 is 0 Å². The Bertz CT molecular complexity index is 3470. The van der Waals surface area contributed by atoms with E-state index in [1.165, 1.54) is 20.2 Å². The van der Waals surface area contributed by atoms with Gasteiger partial charge in [0.15, 0.2) is 17.5 Å². The van der Waals surface area contributed by atoms with Gasteiger partial charge in [-0.05, 0) is 47.5 Å². The first-order valence-corrected chi connectivity index (χ1v) is 19.7. The third-order valence-corrected chi connectivity index (χ3v) is 12.1. The third kappa shape index (κ3) is 5.12. The number of hydrogen-bond donors (Lipinski definition) is 0. The van der Waals surface area contributed by atoms with Crippen LogP contribution in [0.15, 0.2) is 185 Å². The fourth-order valence-electron chi connectivity index (χ4n) is 8.24. The second kappa shape index (κ2) is 12.6. The predicted molar refractivity (Wildman–Crippen MR) is 234 cm³/mol. The van der Waals surface area contributed by atoms with Crippen LogP contribution in [-0.2, 0) is 0 Å². The topological polar surface area (TPSA) is 65.0 Å². The Labute approximate surface area is 330 Å². The minimum absolute atomic E-state index is 0.557. The molecular weight excluding hydrogens is 719 g/mol. The van der Waals surface area contributed by atoms with Crippen LogP contribution in [0.25, 0.3) is 120 Å². The molecule has 0 aliphatic rings. The highest BCUT2D eigenvalue weighted by molar-refractivity contribution is 7.25. The Morgan fingerprint density at radius 1 is 0.316 bits per heavy atom. The summed E-state index contributed by atoms with van der Waals surface area (Å²) in [6.07, 6.45) is 0. The van der Waals surface area contributed by atoms with Gasteiger partial charge < -0.3 is 8.83 Å². The van der Waals surface area contributed by atoms with Gasteiger partial charge in [0.2, 0.25) is 0 Å². The standard InChI is InChI=1S/C51H29N3O2S/c1-3-12-30(13-4-1)49-52-50(31-14-5-2-6-15-31)54-51(53-49)40-22-11-21-39-41-28-32(24-26-43(41)55-48(39)40)34-17-9-19-37-38-20-10-18-35(47(38)56-46(34)37)33-25-27-45-42(29-33)36-16-7-8-23-44(36)57-45/h1-29H. The highest BCUT2D eigenvalue weighted by Gasteiger charge is 2.20. The van der Waals surface area contributed by atoms with Crippen LogP contribution in [0.2, 0.25) is 0 Å². The van der Waals surface area contributed by atoms with Crippen LogP contribution in [0.1, 0.15) is 0 Å². The van der Waals surface area contributed by atoms with Gasteiger partial charge in [0.25, 0.3) is 0 Å². The molecule has 0 spiro atoms. The first-order chi connectivity index (χ1) is 28.2. The van der Waals surface area contributed by atoms with Crippen LogP contribution in [0, 0.1) is 0 Å². The number of thiophene rings is 1. The number of benzene rings is 8. The zero-order valence-corrected chi connectivity index (χ0v) is 31.1. The van der Waals surface area contributed by atoms with E-state index in [9.17, 15) is 0 Å². The van der Waals surface area contributed by atoms with Gasteiger partial charge in [0.1, 0.15) is 22.3 Å². The Balaban J connectivity index is 0.997. The molecule has 0 radical (unpaired) electrons. The average molecular weight is 748 g/mol. The van der Waals surface area contributed by atoms with Crippen LogP contribution >= 0.6 is 11.3 Å². The zero-order valence-electron chi connectivity index (χ0n) is 30.3. The Morgan fingerprint density at radius 3 is 1.47 bits per heavy atom. The van der Waals surface area contributed by atoms with Crippen molar-refractivity contribution < 1.29 is 8.83 Å². The summed E-state index contributed by atoms with van der Waals surface area (Å²) in [6.45, 7) is 0. The number of hydrogen-bond acceptors (Lipinski definition) is 6. The molecule has 8 aromatic carbocycles. The molecule has 4 aromatic heterocycles. The van der Waals surface area contributed by atoms with E-state index in [1.807, 2.05) is 84.1 Å². The van der Waals surface area contributed by atoms with Gasteiger partial charge in [0.05, 0.1) is 5.56 Å². The molecule has 57 heavy (non-hydrogen) atoms. The smallest absolute Gasteiger partial charge is 0.167 e. The average Bonchev–Trinajstić information content (AvgIpc) is 3.98. The summed E-state index contributed by atoms with van der Waals surface area (Å²) >= 11 is 1.83. The normalized spacial score (nSPS) is 11.9. The molecule has 0 amide bonds. The van der Waals surface area contributed by atoms with E-state index in [1.54, 1.807) is 0 Å². The van der Waals surface area contributed by atoms with Crippen molar-refractivity contribution in [3.05, 3.63) is 176 Å². The lowest BCUT2D eigenvalue weighted by Crippen LogP contribution is -2.00. The predicted octanol–water partition coefficient (Wildman–Crippen LogP) is 14.4. The van der Waals surface area contributed by atoms with Crippen molar-refractivity contribution >= 4 is 75.4 Å². The van der Waals surface area contributed by atoms with E-state index in [4.69, 9.17) is 23.8 Å². The highest BCUT2D eigenvalue weighted by atomic mass is 32.1. The van der Waals surface area contributed by atoms with E-state index in [-0.39, 0.29) is 0 Å². The first kappa shape index (κ1) is 31.9. The molecule has 0 bridgehead atoms. The second-order valence-corrected chi connectivity index (χ2v) is 15.4. The molecule has 5 nitrogen and oxygen atoms in total. The summed E-state index contributed by atoms with van der Waals surface area (Å²) < 4.78 is 16.2. The first-order valence-electron chi connectivity index (χ1n) is 18.9. The lowest BCUT2D eigenvalue weighted by atomic mass is 9.98. The van der Waals surface area contributed by atoms with Gasteiger partial charge in [-0.2, -0.15) is 0 Å². The summed E-state index contributed by atoms with van der Waals surface area (Å²) in [5.41, 5.74) is 10.2. The van der Waals surface area contributed by atoms with Crippen LogP contribution < -0.4 is 0 Å². The Morgan fingerprint density at radius 2 is 0.807 bits per heavy atom. The SMILES string of the molecule is c1ccc(-c2nc(-c3ccccc3)nc(-c3cccc4c3oc3ccc(-c5cccc6c5oc5c(-c7ccc8sc9ccccc9c8c7)cccc56)cc34)n2)cc1. The number of para-hydroxylation sites is 3. The van der Waals surface area contributed by atoms with Gasteiger partial charge in [-0.1, -0.05) is 140 Å². The van der Waals surface area contributed by atoms with Crippen molar-refractivity contribution in [3.8, 4) is 56.4 Å². The van der Waals surface area contributed by atoms with Crippen molar-refractivity contribution in [2.75, 3.05) is 0 Å². The Kier molecular flexibility index (Phi) is 7.03.